The number of hydrogen-bond donors (Lipinski definition) is 2. The van der Waals surface area contributed by atoms with Gasteiger partial charge in [-0.05, 0) is 24.6 Å². The van der Waals surface area contributed by atoms with Crippen LogP contribution < -0.4 is 10.6 Å². The van der Waals surface area contributed by atoms with E-state index < -0.39 is 0 Å². The Labute approximate surface area is 122 Å². The molecule has 0 spiro atoms. The fraction of sp³-hybridized carbons (Fsp3) is 0.200. The molecule has 6 heteroatoms. The summed E-state index contributed by atoms with van der Waals surface area (Å²) < 4.78 is 0. The van der Waals surface area contributed by atoms with Gasteiger partial charge in [-0.25, -0.2) is 9.97 Å². The lowest BCUT2D eigenvalue weighted by atomic mass is 10.1. The van der Waals surface area contributed by atoms with E-state index in [1.54, 1.807) is 18.2 Å². The summed E-state index contributed by atoms with van der Waals surface area (Å²) in [6, 6.07) is 9.15. The van der Waals surface area contributed by atoms with Crippen molar-refractivity contribution in [1.82, 2.24) is 15.3 Å². The lowest BCUT2D eigenvalue weighted by Crippen LogP contribution is -2.24. The Morgan fingerprint density at radius 2 is 2.19 bits per heavy atom. The molecule has 2 rings (SSSR count). The second-order valence-corrected chi connectivity index (χ2v) is 4.31. The maximum Gasteiger partial charge on any atom is 0.271 e. The highest BCUT2D eigenvalue weighted by molar-refractivity contribution is 5.91. The smallest absolute Gasteiger partial charge is 0.271 e. The number of amides is 1. The third kappa shape index (κ3) is 4.01. The van der Waals surface area contributed by atoms with Crippen molar-refractivity contribution in [2.24, 2.45) is 0 Å². The van der Waals surface area contributed by atoms with Crippen LogP contribution in [0.3, 0.4) is 0 Å². The van der Waals surface area contributed by atoms with E-state index in [9.17, 15) is 4.79 Å². The van der Waals surface area contributed by atoms with Gasteiger partial charge in [-0.3, -0.25) is 4.79 Å². The normalized spacial score (nSPS) is 9.71. The summed E-state index contributed by atoms with van der Waals surface area (Å²) in [5, 5.41) is 14.6. The summed E-state index contributed by atoms with van der Waals surface area (Å²) in [6.45, 7) is 3.04. The minimum atomic E-state index is -0.298. The van der Waals surface area contributed by atoms with Crippen LogP contribution in [-0.4, -0.2) is 22.4 Å². The second-order valence-electron chi connectivity index (χ2n) is 4.31. The summed E-state index contributed by atoms with van der Waals surface area (Å²) in [6.07, 6.45) is 2.95. The van der Waals surface area contributed by atoms with Crippen LogP contribution in [0, 0.1) is 11.3 Å². The quantitative estimate of drug-likeness (QED) is 0.870. The second kappa shape index (κ2) is 7.01. The molecule has 0 atom stereocenters. The Balaban J connectivity index is 1.96. The van der Waals surface area contributed by atoms with Crippen LogP contribution in [0.1, 0.15) is 28.5 Å². The first kappa shape index (κ1) is 14.5. The van der Waals surface area contributed by atoms with E-state index in [1.165, 1.54) is 12.4 Å². The lowest BCUT2D eigenvalue weighted by Gasteiger charge is -2.06. The number of aromatic nitrogens is 2. The predicted molar refractivity (Wildman–Crippen MR) is 78.5 cm³/mol. The number of hydrogen-bond acceptors (Lipinski definition) is 5. The number of benzene rings is 1. The highest BCUT2D eigenvalue weighted by Crippen LogP contribution is 2.05. The van der Waals surface area contributed by atoms with Crippen molar-refractivity contribution in [3.8, 4) is 6.07 Å². The fourth-order valence-corrected chi connectivity index (χ4v) is 1.74. The molecule has 0 aliphatic heterocycles. The van der Waals surface area contributed by atoms with Crippen molar-refractivity contribution in [3.05, 3.63) is 53.5 Å². The molecule has 1 amide bonds. The van der Waals surface area contributed by atoms with Crippen molar-refractivity contribution < 1.29 is 4.79 Å². The highest BCUT2D eigenvalue weighted by atomic mass is 16.1. The van der Waals surface area contributed by atoms with Gasteiger partial charge in [0.25, 0.3) is 5.91 Å². The zero-order valence-corrected chi connectivity index (χ0v) is 11.6. The molecular formula is C15H15N5O. The van der Waals surface area contributed by atoms with Gasteiger partial charge in [-0.1, -0.05) is 12.1 Å². The van der Waals surface area contributed by atoms with E-state index in [-0.39, 0.29) is 11.6 Å². The van der Waals surface area contributed by atoms with E-state index in [0.29, 0.717) is 17.9 Å². The van der Waals surface area contributed by atoms with E-state index in [4.69, 9.17) is 5.26 Å². The van der Waals surface area contributed by atoms with Gasteiger partial charge < -0.3 is 10.6 Å². The molecule has 0 aliphatic carbocycles. The van der Waals surface area contributed by atoms with Gasteiger partial charge in [0.1, 0.15) is 11.5 Å². The molecule has 0 aliphatic rings. The van der Waals surface area contributed by atoms with Crippen LogP contribution in [0.2, 0.25) is 0 Å². The number of rotatable bonds is 5. The zero-order chi connectivity index (χ0) is 15.1. The third-order valence-electron chi connectivity index (χ3n) is 2.75. The van der Waals surface area contributed by atoms with Crippen LogP contribution in [0.4, 0.5) is 5.82 Å². The van der Waals surface area contributed by atoms with Crippen molar-refractivity contribution in [1.29, 1.82) is 5.26 Å². The van der Waals surface area contributed by atoms with E-state index in [1.807, 2.05) is 13.0 Å². The van der Waals surface area contributed by atoms with Crippen molar-refractivity contribution in [2.75, 3.05) is 11.9 Å². The third-order valence-corrected chi connectivity index (χ3v) is 2.75. The molecule has 6 nitrogen and oxygen atoms in total. The molecular weight excluding hydrogens is 266 g/mol. The van der Waals surface area contributed by atoms with E-state index in [0.717, 1.165) is 12.1 Å². The Hall–Kier alpha value is -2.94. The number of carbonyl (C=O) groups is 1. The van der Waals surface area contributed by atoms with Gasteiger partial charge in [-0.15, -0.1) is 0 Å². The minimum absolute atomic E-state index is 0.257. The zero-order valence-electron chi connectivity index (χ0n) is 11.6. The maximum atomic E-state index is 11.9. The Morgan fingerprint density at radius 1 is 1.33 bits per heavy atom. The van der Waals surface area contributed by atoms with Crippen molar-refractivity contribution in [2.45, 2.75) is 13.5 Å². The molecule has 2 N–H and O–H groups in total. The summed E-state index contributed by atoms with van der Waals surface area (Å²) in [5.74, 6) is 0.337. The first-order chi connectivity index (χ1) is 10.2. The predicted octanol–water partition coefficient (Wildman–Crippen LogP) is 1.71. The average Bonchev–Trinajstić information content (AvgIpc) is 2.54. The van der Waals surface area contributed by atoms with Gasteiger partial charge >= 0.3 is 0 Å². The largest absolute Gasteiger partial charge is 0.369 e. The van der Waals surface area contributed by atoms with Crippen LogP contribution in [0.5, 0.6) is 0 Å². The van der Waals surface area contributed by atoms with Crippen LogP contribution in [0.15, 0.2) is 36.7 Å². The van der Waals surface area contributed by atoms with Gasteiger partial charge in [0.2, 0.25) is 0 Å². The Kier molecular flexibility index (Phi) is 4.83. The molecule has 0 fully saturated rings. The molecule has 1 aromatic carbocycles. The summed E-state index contributed by atoms with van der Waals surface area (Å²) in [5.41, 5.74) is 1.68. The molecule has 0 saturated carbocycles. The first-order valence-corrected chi connectivity index (χ1v) is 6.56. The molecule has 106 valence electrons. The number of anilines is 1. The van der Waals surface area contributed by atoms with Crippen LogP contribution in [0.25, 0.3) is 0 Å². The number of nitrogens with one attached hydrogen (secondary N) is 2. The number of carbonyl (C=O) groups excluding carboxylic acids is 1. The summed E-state index contributed by atoms with van der Waals surface area (Å²) in [7, 11) is 0. The SMILES string of the molecule is CCNc1cnc(C(=O)NCc2cccc(C#N)c2)cn1. The van der Waals surface area contributed by atoms with Gasteiger partial charge in [-0.2, -0.15) is 5.26 Å². The summed E-state index contributed by atoms with van der Waals surface area (Å²) in [4.78, 5) is 20.1. The van der Waals surface area contributed by atoms with E-state index >= 15 is 0 Å². The fourth-order valence-electron chi connectivity index (χ4n) is 1.74. The molecule has 0 unspecified atom stereocenters. The Morgan fingerprint density at radius 3 is 2.86 bits per heavy atom. The van der Waals surface area contributed by atoms with Gasteiger partial charge in [0.05, 0.1) is 24.0 Å². The molecule has 2 aromatic rings. The molecule has 1 aromatic heterocycles. The lowest BCUT2D eigenvalue weighted by molar-refractivity contribution is 0.0945. The van der Waals surface area contributed by atoms with Crippen molar-refractivity contribution >= 4 is 11.7 Å². The van der Waals surface area contributed by atoms with Gasteiger partial charge in [0.15, 0.2) is 0 Å². The van der Waals surface area contributed by atoms with Crippen molar-refractivity contribution in [3.63, 3.8) is 0 Å². The first-order valence-electron chi connectivity index (χ1n) is 6.56. The van der Waals surface area contributed by atoms with Gasteiger partial charge in [0, 0.05) is 13.1 Å². The maximum absolute atomic E-state index is 11.9. The topological polar surface area (TPSA) is 90.7 Å². The van der Waals surface area contributed by atoms with Crippen LogP contribution in [-0.2, 0) is 6.54 Å². The molecule has 21 heavy (non-hydrogen) atoms. The molecule has 0 bridgehead atoms. The number of nitriles is 1. The minimum Gasteiger partial charge on any atom is -0.369 e. The Bertz CT molecular complexity index is 661. The number of nitrogens with zero attached hydrogens (tertiary/aromatic N) is 3. The average molecular weight is 281 g/mol. The monoisotopic (exact) mass is 281 g/mol. The van der Waals surface area contributed by atoms with E-state index in [2.05, 4.69) is 26.7 Å². The molecule has 0 radical (unpaired) electrons. The summed E-state index contributed by atoms with van der Waals surface area (Å²) >= 11 is 0. The molecule has 0 saturated heterocycles. The highest BCUT2D eigenvalue weighted by Gasteiger charge is 2.07. The van der Waals surface area contributed by atoms with Crippen LogP contribution >= 0.6 is 0 Å². The molecule has 1 heterocycles. The standard InChI is InChI=1S/C15H15N5O/c1-2-17-14-10-18-13(9-19-14)15(21)20-8-12-5-3-4-11(6-12)7-16/h3-6,9-10H,2,8H2,1H3,(H,17,19)(H,20,21).